The number of nitrogens with zero attached hydrogens (tertiary/aromatic N) is 2. The lowest BCUT2D eigenvalue weighted by Crippen LogP contribution is -2.48. The largest absolute Gasteiger partial charge is 0.496 e. The first kappa shape index (κ1) is 28.5. The SMILES string of the molecule is COC1=CCC([C@H](CC(=O)O)NC(=O)CNC(=O)C2=CC(=NC3=NCC(F)CN3)C3=CNNC3C2C)C=C1Br. The van der Waals surface area contributed by atoms with Gasteiger partial charge in [0.25, 0.3) is 0 Å². The monoisotopic (exact) mass is 607 g/mol. The standard InChI is InChI=1S/C25H31BrFN7O5/c1-12-15(6-19(16-10-31-34-23(12)16)33-25-29-8-14(27)9-30-25)24(38)28-11-21(35)32-18(7-22(36)37)13-3-4-20(39-2)17(26)5-13/h4-6,10,12-14,18,23,31,34H,3,7-9,11H2,1-2H3,(H,28,38)(H,29,30)(H,32,35)(H,36,37)/t12?,13?,18-,23?/m0/s1. The molecule has 0 spiro atoms. The van der Waals surface area contributed by atoms with E-state index in [1.54, 1.807) is 12.3 Å². The second-order valence-corrected chi connectivity index (χ2v) is 10.4. The van der Waals surface area contributed by atoms with E-state index in [-0.39, 0.29) is 49.9 Å². The lowest BCUT2D eigenvalue weighted by atomic mass is 9.81. The van der Waals surface area contributed by atoms with Crippen molar-refractivity contribution in [3.63, 3.8) is 0 Å². The van der Waals surface area contributed by atoms with E-state index < -0.39 is 30.0 Å². The number of guanidine groups is 1. The third kappa shape index (κ3) is 6.92. The highest BCUT2D eigenvalue weighted by Crippen LogP contribution is 2.31. The zero-order valence-electron chi connectivity index (χ0n) is 21.5. The van der Waals surface area contributed by atoms with Crippen molar-refractivity contribution in [1.82, 2.24) is 26.8 Å². The van der Waals surface area contributed by atoms with E-state index in [4.69, 9.17) is 4.74 Å². The predicted octanol–water partition coefficient (Wildman–Crippen LogP) is 0.566. The van der Waals surface area contributed by atoms with Crippen LogP contribution in [0.5, 0.6) is 0 Å². The summed E-state index contributed by atoms with van der Waals surface area (Å²) in [6, 6.07) is -0.933. The number of amides is 2. The van der Waals surface area contributed by atoms with Crippen molar-refractivity contribution in [2.75, 3.05) is 26.7 Å². The smallest absolute Gasteiger partial charge is 0.305 e. The summed E-state index contributed by atoms with van der Waals surface area (Å²) in [5, 5.41) is 17.6. The molecule has 0 bridgehead atoms. The first-order valence-corrected chi connectivity index (χ1v) is 13.3. The van der Waals surface area contributed by atoms with Gasteiger partial charge in [-0.2, -0.15) is 0 Å². The van der Waals surface area contributed by atoms with E-state index in [1.165, 1.54) is 7.11 Å². The van der Waals surface area contributed by atoms with Crippen molar-refractivity contribution < 1.29 is 28.6 Å². The molecule has 2 aliphatic carbocycles. The summed E-state index contributed by atoms with van der Waals surface area (Å²) in [7, 11) is 1.54. The Morgan fingerprint density at radius 1 is 1.38 bits per heavy atom. The van der Waals surface area contributed by atoms with Crippen LogP contribution < -0.4 is 26.8 Å². The van der Waals surface area contributed by atoms with Crippen molar-refractivity contribution in [1.29, 1.82) is 0 Å². The van der Waals surface area contributed by atoms with Gasteiger partial charge >= 0.3 is 5.97 Å². The minimum atomic E-state index is -1.07. The van der Waals surface area contributed by atoms with Gasteiger partial charge in [0.1, 0.15) is 11.9 Å². The number of carbonyl (C=O) groups excluding carboxylic acids is 2. The Bertz CT molecular complexity index is 1210. The number of aliphatic imine (C=N–C) groups is 2. The van der Waals surface area contributed by atoms with Crippen LogP contribution in [0.3, 0.4) is 0 Å². The van der Waals surface area contributed by atoms with Crippen LogP contribution in [0.15, 0.2) is 55.8 Å². The zero-order chi connectivity index (χ0) is 28.1. The number of carboxylic acid groups (broad SMARTS) is 1. The lowest BCUT2D eigenvalue weighted by molar-refractivity contribution is -0.138. The molecule has 14 heteroatoms. The van der Waals surface area contributed by atoms with Crippen LogP contribution in [0.1, 0.15) is 19.8 Å². The Kier molecular flexibility index (Phi) is 9.17. The normalized spacial score (nSPS) is 27.8. The van der Waals surface area contributed by atoms with Crippen LogP contribution in [0.25, 0.3) is 0 Å². The number of aliphatic carboxylic acids is 1. The number of ether oxygens (including phenoxy) is 1. The Morgan fingerprint density at radius 2 is 2.18 bits per heavy atom. The molecule has 2 amide bonds. The molecule has 0 aromatic carbocycles. The van der Waals surface area contributed by atoms with E-state index in [2.05, 4.69) is 52.7 Å². The molecule has 210 valence electrons. The molecule has 0 aromatic heterocycles. The van der Waals surface area contributed by atoms with Gasteiger partial charge in [-0.25, -0.2) is 19.8 Å². The number of hydrogen-bond donors (Lipinski definition) is 6. The summed E-state index contributed by atoms with van der Waals surface area (Å²) in [4.78, 5) is 46.0. The number of methoxy groups -OCH3 is 1. The van der Waals surface area contributed by atoms with Crippen LogP contribution in [-0.4, -0.2) is 79.6 Å². The summed E-state index contributed by atoms with van der Waals surface area (Å²) >= 11 is 3.41. The first-order valence-electron chi connectivity index (χ1n) is 12.5. The van der Waals surface area contributed by atoms with Crippen molar-refractivity contribution in [3.05, 3.63) is 45.8 Å². The highest BCUT2D eigenvalue weighted by Gasteiger charge is 2.37. The topological polar surface area (TPSA) is 166 Å². The van der Waals surface area contributed by atoms with E-state index in [1.807, 2.05) is 19.1 Å². The quantitative estimate of drug-likeness (QED) is 0.233. The highest BCUT2D eigenvalue weighted by molar-refractivity contribution is 9.11. The average molecular weight is 608 g/mol. The number of carbonyl (C=O) groups is 3. The Morgan fingerprint density at radius 3 is 2.85 bits per heavy atom. The van der Waals surface area contributed by atoms with Gasteiger partial charge in [-0.05, 0) is 34.5 Å². The zero-order valence-corrected chi connectivity index (χ0v) is 23.0. The number of fused-ring (bicyclic) bond motifs is 1. The number of hydrazine groups is 1. The van der Waals surface area contributed by atoms with E-state index >= 15 is 0 Å². The molecule has 0 saturated heterocycles. The molecule has 4 rings (SSSR count). The van der Waals surface area contributed by atoms with Crippen molar-refractivity contribution in [2.45, 2.75) is 38.0 Å². The molecule has 0 radical (unpaired) electrons. The minimum Gasteiger partial charge on any atom is -0.496 e. The van der Waals surface area contributed by atoms with Crippen LogP contribution in [-0.2, 0) is 19.1 Å². The molecule has 12 nitrogen and oxygen atoms in total. The number of nitrogens with one attached hydrogen (secondary N) is 5. The lowest BCUT2D eigenvalue weighted by Gasteiger charge is -2.29. The van der Waals surface area contributed by atoms with Crippen molar-refractivity contribution >= 4 is 45.4 Å². The molecular weight excluding hydrogens is 577 g/mol. The van der Waals surface area contributed by atoms with Crippen LogP contribution in [0.2, 0.25) is 0 Å². The van der Waals surface area contributed by atoms with Gasteiger partial charge in [0.05, 0.1) is 49.4 Å². The fraction of sp³-hybridized carbons (Fsp3) is 0.480. The van der Waals surface area contributed by atoms with Crippen LogP contribution in [0.4, 0.5) is 4.39 Å². The van der Waals surface area contributed by atoms with Gasteiger partial charge in [0, 0.05) is 35.2 Å². The third-order valence-electron chi connectivity index (χ3n) is 6.85. The van der Waals surface area contributed by atoms with E-state index in [0.717, 1.165) is 5.57 Å². The fourth-order valence-corrected chi connectivity index (χ4v) is 5.43. The predicted molar refractivity (Wildman–Crippen MR) is 145 cm³/mol. The third-order valence-corrected chi connectivity index (χ3v) is 7.50. The van der Waals surface area contributed by atoms with Gasteiger partial charge < -0.3 is 31.2 Å². The first-order chi connectivity index (χ1) is 18.7. The maximum Gasteiger partial charge on any atom is 0.305 e. The fourth-order valence-electron chi connectivity index (χ4n) is 4.77. The second-order valence-electron chi connectivity index (χ2n) is 9.54. The van der Waals surface area contributed by atoms with Gasteiger partial charge in [0.15, 0.2) is 0 Å². The molecule has 5 atom stereocenters. The number of allylic oxidation sites excluding steroid dienone is 3. The summed E-state index contributed by atoms with van der Waals surface area (Å²) in [5.74, 6) is -1.62. The van der Waals surface area contributed by atoms with E-state index in [0.29, 0.717) is 27.9 Å². The molecule has 0 saturated carbocycles. The van der Waals surface area contributed by atoms with Crippen molar-refractivity contribution in [2.24, 2.45) is 21.8 Å². The summed E-state index contributed by atoms with van der Waals surface area (Å²) in [6.07, 6.45) is 6.16. The molecule has 4 unspecified atom stereocenters. The minimum absolute atomic E-state index is 0.0148. The summed E-state index contributed by atoms with van der Waals surface area (Å²) < 4.78 is 19.4. The summed E-state index contributed by atoms with van der Waals surface area (Å²) in [6.45, 7) is 1.66. The Labute approximate surface area is 233 Å². The number of halogens is 2. The molecule has 4 aliphatic rings. The molecule has 0 aromatic rings. The summed E-state index contributed by atoms with van der Waals surface area (Å²) in [5.41, 5.74) is 7.77. The molecule has 39 heavy (non-hydrogen) atoms. The number of hydrogen-bond acceptors (Lipinski definition) is 9. The van der Waals surface area contributed by atoms with Gasteiger partial charge in [0.2, 0.25) is 17.8 Å². The highest BCUT2D eigenvalue weighted by atomic mass is 79.9. The van der Waals surface area contributed by atoms with Crippen LogP contribution in [0, 0.1) is 11.8 Å². The molecule has 6 N–H and O–H groups in total. The second kappa shape index (κ2) is 12.6. The molecule has 2 aliphatic heterocycles. The number of alkyl halides is 1. The van der Waals surface area contributed by atoms with Crippen molar-refractivity contribution in [3.8, 4) is 0 Å². The van der Waals surface area contributed by atoms with E-state index in [9.17, 15) is 23.9 Å². The number of carboxylic acids is 1. The molecular formula is C25H31BrFN7O5. The maximum atomic E-state index is 13.4. The molecule has 2 heterocycles. The molecule has 0 fully saturated rings. The maximum absolute atomic E-state index is 13.4. The van der Waals surface area contributed by atoms with Gasteiger partial charge in [-0.1, -0.05) is 13.0 Å². The van der Waals surface area contributed by atoms with Gasteiger partial charge in [-0.3, -0.25) is 14.4 Å². The Balaban J connectivity index is 1.42. The Hall–Kier alpha value is -3.52. The average Bonchev–Trinajstić information content (AvgIpc) is 3.40. The number of rotatable bonds is 8. The van der Waals surface area contributed by atoms with Crippen LogP contribution >= 0.6 is 15.9 Å². The van der Waals surface area contributed by atoms with Gasteiger partial charge in [-0.15, -0.1) is 0 Å².